The molecular weight excluding hydrogens is 330 g/mol. The summed E-state index contributed by atoms with van der Waals surface area (Å²) in [6, 6.07) is 17.6. The molecule has 0 saturated carbocycles. The maximum atomic E-state index is 8.75. The molecule has 0 aliphatic heterocycles. The average molecular weight is 362 g/mol. The van der Waals surface area contributed by atoms with Crippen molar-refractivity contribution >= 4 is 13.3 Å². The van der Waals surface area contributed by atoms with Crippen LogP contribution < -0.4 is 5.19 Å². The van der Waals surface area contributed by atoms with E-state index in [0.29, 0.717) is 22.4 Å². The van der Waals surface area contributed by atoms with E-state index in [1.807, 2.05) is 54.7 Å². The lowest BCUT2D eigenvalue weighted by atomic mass is 9.82. The zero-order valence-corrected chi connectivity index (χ0v) is 16.6. The fourth-order valence-electron chi connectivity index (χ4n) is 3.41. The molecule has 0 saturated heterocycles. The van der Waals surface area contributed by atoms with E-state index in [2.05, 4.69) is 30.7 Å². The first kappa shape index (κ1) is 13.0. The lowest BCUT2D eigenvalue weighted by Crippen LogP contribution is -2.37. The Morgan fingerprint density at radius 2 is 1.46 bits per heavy atom. The monoisotopic (exact) mass is 361 g/mol. The third-order valence-electron chi connectivity index (χ3n) is 4.92. The molecule has 0 atom stereocenters. The normalized spacial score (nSPS) is 20.3. The van der Waals surface area contributed by atoms with Crippen LogP contribution in [0.15, 0.2) is 60.8 Å². The van der Waals surface area contributed by atoms with Gasteiger partial charge in [0.15, 0.2) is 0 Å². The molecule has 132 valence electrons. The molecule has 0 bridgehead atoms. The van der Waals surface area contributed by atoms with Gasteiger partial charge in [0.05, 0.1) is 13.8 Å². The minimum Gasteiger partial charge on any atom is -0.256 e. The van der Waals surface area contributed by atoms with Crippen molar-refractivity contribution in [2.45, 2.75) is 45.2 Å². The molecule has 0 unspecified atom stereocenters. The molecule has 1 aliphatic rings. The second kappa shape index (κ2) is 6.84. The highest BCUT2D eigenvalue weighted by molar-refractivity contribution is 6.88. The Hall–Kier alpha value is -2.19. The van der Waals surface area contributed by atoms with Gasteiger partial charge in [-0.3, -0.25) is 4.98 Å². The molecule has 4 rings (SSSR count). The summed E-state index contributed by atoms with van der Waals surface area (Å²) in [7, 11) is -1.49. The van der Waals surface area contributed by atoms with Crippen molar-refractivity contribution in [3.63, 3.8) is 0 Å². The Bertz CT molecular complexity index is 1070. The topological polar surface area (TPSA) is 12.9 Å². The molecule has 1 heterocycles. The van der Waals surface area contributed by atoms with Crippen molar-refractivity contribution in [1.29, 1.82) is 0 Å². The molecule has 1 aliphatic carbocycles. The van der Waals surface area contributed by atoms with Crippen LogP contribution in [-0.2, 0) is 12.7 Å². The second-order valence-electron chi connectivity index (χ2n) is 7.81. The van der Waals surface area contributed by atoms with Gasteiger partial charge in [0.25, 0.3) is 0 Å². The fraction of sp³-hybridized carbons (Fsp3) is 0.292. The molecule has 2 heteroatoms. The van der Waals surface area contributed by atoms with E-state index in [0.717, 1.165) is 11.1 Å². The fourth-order valence-corrected chi connectivity index (χ4v) is 4.45. The summed E-state index contributed by atoms with van der Waals surface area (Å²) in [6.45, 7) is 6.81. The van der Waals surface area contributed by atoms with Gasteiger partial charge in [-0.05, 0) is 59.1 Å². The van der Waals surface area contributed by atoms with E-state index in [4.69, 9.17) is 5.48 Å². The van der Waals surface area contributed by atoms with Gasteiger partial charge in [0.1, 0.15) is 0 Å². The van der Waals surface area contributed by atoms with Gasteiger partial charge < -0.3 is 0 Å². The highest BCUT2D eigenvalue weighted by Gasteiger charge is 2.20. The van der Waals surface area contributed by atoms with E-state index >= 15 is 0 Å². The molecule has 0 radical (unpaired) electrons. The number of hydrogen-bond acceptors (Lipinski definition) is 1. The maximum Gasteiger partial charge on any atom is 0.0796 e. The quantitative estimate of drug-likeness (QED) is 0.534. The van der Waals surface area contributed by atoms with Crippen LogP contribution in [0.2, 0.25) is 19.6 Å². The van der Waals surface area contributed by atoms with Crippen molar-refractivity contribution in [1.82, 2.24) is 4.98 Å². The molecule has 1 nitrogen and oxygen atoms in total. The number of aromatic nitrogens is 1. The molecule has 3 aromatic rings. The standard InChI is InChI=1S/C24H27NSi/c1-26(2,3)19-13-16-24(25-17-19)23-15-14-20(18-9-5-4-6-10-18)21-11-7-8-12-22(21)23/h4-6,9-10,13-17H,7-8,11-12H2,1-3H3/i11D2,12D2. The number of benzene rings is 2. The lowest BCUT2D eigenvalue weighted by Gasteiger charge is -2.23. The van der Waals surface area contributed by atoms with Gasteiger partial charge in [-0.15, -0.1) is 0 Å². The summed E-state index contributed by atoms with van der Waals surface area (Å²) in [5, 5.41) is 1.25. The summed E-state index contributed by atoms with van der Waals surface area (Å²) in [4.78, 5) is 4.68. The van der Waals surface area contributed by atoms with E-state index in [1.54, 1.807) is 0 Å². The molecule has 0 spiro atoms. The first-order valence-electron chi connectivity index (χ1n) is 11.2. The predicted octanol–water partition coefficient (Wildman–Crippen LogP) is 5.84. The highest BCUT2D eigenvalue weighted by Crippen LogP contribution is 2.37. The summed E-state index contributed by atoms with van der Waals surface area (Å²) in [5.74, 6) is 0. The lowest BCUT2D eigenvalue weighted by molar-refractivity contribution is 0.688. The van der Waals surface area contributed by atoms with Crippen LogP contribution in [0.5, 0.6) is 0 Å². The average Bonchev–Trinajstić information content (AvgIpc) is 2.71. The summed E-state index contributed by atoms with van der Waals surface area (Å²) in [5.41, 5.74) is 3.99. The van der Waals surface area contributed by atoms with Crippen LogP contribution in [0.25, 0.3) is 22.4 Å². The molecule has 0 fully saturated rings. The van der Waals surface area contributed by atoms with Crippen molar-refractivity contribution in [3.05, 3.63) is 71.9 Å². The predicted molar refractivity (Wildman–Crippen MR) is 115 cm³/mol. The zero-order chi connectivity index (χ0) is 21.7. The Kier molecular flexibility index (Phi) is 3.43. The van der Waals surface area contributed by atoms with E-state index < -0.39 is 20.8 Å². The van der Waals surface area contributed by atoms with Crippen LogP contribution in [0.3, 0.4) is 0 Å². The van der Waals surface area contributed by atoms with Crippen molar-refractivity contribution in [2.24, 2.45) is 0 Å². The number of hydrogen-bond donors (Lipinski definition) is 0. The minimum absolute atomic E-state index is 0.158. The van der Waals surface area contributed by atoms with Gasteiger partial charge in [0.2, 0.25) is 0 Å². The van der Waals surface area contributed by atoms with Crippen molar-refractivity contribution in [3.8, 4) is 22.4 Å². The molecular formula is C24H27NSi. The van der Waals surface area contributed by atoms with Crippen LogP contribution >= 0.6 is 0 Å². The third kappa shape index (κ3) is 3.26. The van der Waals surface area contributed by atoms with Crippen LogP contribution in [0, 0.1) is 0 Å². The summed E-state index contributed by atoms with van der Waals surface area (Å²) < 4.78 is 35.0. The van der Waals surface area contributed by atoms with Gasteiger partial charge in [-0.25, -0.2) is 0 Å². The Labute approximate surface area is 163 Å². The molecule has 0 amide bonds. The van der Waals surface area contributed by atoms with Crippen LogP contribution in [-0.4, -0.2) is 13.1 Å². The van der Waals surface area contributed by atoms with E-state index in [-0.39, 0.29) is 12.8 Å². The first-order chi connectivity index (χ1) is 14.0. The van der Waals surface area contributed by atoms with Crippen LogP contribution in [0.1, 0.15) is 29.5 Å². The van der Waals surface area contributed by atoms with Crippen molar-refractivity contribution < 1.29 is 5.48 Å². The first-order valence-corrected chi connectivity index (χ1v) is 12.7. The summed E-state index contributed by atoms with van der Waals surface area (Å²) >= 11 is 0. The Morgan fingerprint density at radius 1 is 0.808 bits per heavy atom. The maximum absolute atomic E-state index is 8.75. The number of fused-ring (bicyclic) bond motifs is 1. The third-order valence-corrected chi connectivity index (χ3v) is 6.95. The van der Waals surface area contributed by atoms with E-state index in [9.17, 15) is 0 Å². The summed E-state index contributed by atoms with van der Waals surface area (Å²) in [6.07, 6.45) is -0.976. The largest absolute Gasteiger partial charge is 0.256 e. The van der Waals surface area contributed by atoms with Crippen LogP contribution in [0.4, 0.5) is 0 Å². The highest BCUT2D eigenvalue weighted by atomic mass is 28.3. The SMILES string of the molecule is [2H]C1([2H])CCC([2H])([2H])c2c(-c3ccc([Si](C)(C)C)cn3)ccc(-c3ccccc3)c21. The van der Waals surface area contributed by atoms with Gasteiger partial charge in [-0.2, -0.15) is 0 Å². The van der Waals surface area contributed by atoms with Gasteiger partial charge >= 0.3 is 0 Å². The molecule has 2 aromatic carbocycles. The van der Waals surface area contributed by atoms with Gasteiger partial charge in [-0.1, -0.05) is 68.2 Å². The Morgan fingerprint density at radius 3 is 2.08 bits per heavy atom. The smallest absolute Gasteiger partial charge is 0.0796 e. The number of nitrogens with zero attached hydrogens (tertiary/aromatic N) is 1. The molecule has 26 heavy (non-hydrogen) atoms. The van der Waals surface area contributed by atoms with Crippen molar-refractivity contribution in [2.75, 3.05) is 0 Å². The minimum atomic E-state index is -1.61. The number of rotatable bonds is 3. The number of pyridine rings is 1. The second-order valence-corrected chi connectivity index (χ2v) is 12.9. The van der Waals surface area contributed by atoms with Gasteiger partial charge in [0, 0.05) is 17.2 Å². The molecule has 1 aromatic heterocycles. The molecule has 0 N–H and O–H groups in total. The zero-order valence-electron chi connectivity index (χ0n) is 19.6. The Balaban J connectivity index is 1.98. The van der Waals surface area contributed by atoms with E-state index in [1.165, 1.54) is 5.19 Å².